The van der Waals surface area contributed by atoms with E-state index in [1.54, 1.807) is 22.8 Å². The van der Waals surface area contributed by atoms with Gasteiger partial charge in [0.1, 0.15) is 6.54 Å². The standard InChI is InChI=1S/C14H20ClN5O/c1-5-19-12(6-7-16-19)8-18(4)13(21)9-20-11(3)14(15)10(2)17-20/h6-7H,5,8-9H2,1-4H3. The number of nitrogens with zero attached hydrogens (tertiary/aromatic N) is 5. The summed E-state index contributed by atoms with van der Waals surface area (Å²) in [6.45, 7) is 7.23. The summed E-state index contributed by atoms with van der Waals surface area (Å²) in [5.74, 6) is -0.0129. The molecule has 0 fully saturated rings. The maximum atomic E-state index is 12.3. The molecular weight excluding hydrogens is 290 g/mol. The van der Waals surface area contributed by atoms with Crippen molar-refractivity contribution < 1.29 is 4.79 Å². The molecule has 0 saturated carbocycles. The molecule has 114 valence electrons. The first-order chi connectivity index (χ1) is 9.93. The molecule has 21 heavy (non-hydrogen) atoms. The molecule has 7 heteroatoms. The maximum Gasteiger partial charge on any atom is 0.244 e. The number of aromatic nitrogens is 4. The van der Waals surface area contributed by atoms with E-state index in [2.05, 4.69) is 10.2 Å². The van der Waals surface area contributed by atoms with E-state index in [-0.39, 0.29) is 12.5 Å². The minimum Gasteiger partial charge on any atom is -0.338 e. The average Bonchev–Trinajstić information content (AvgIpc) is 2.99. The fourth-order valence-corrected chi connectivity index (χ4v) is 2.32. The second kappa shape index (κ2) is 6.30. The van der Waals surface area contributed by atoms with E-state index in [9.17, 15) is 4.79 Å². The SMILES string of the molecule is CCn1nccc1CN(C)C(=O)Cn1nc(C)c(Cl)c1C. The zero-order chi connectivity index (χ0) is 15.6. The van der Waals surface area contributed by atoms with Gasteiger partial charge in [-0.15, -0.1) is 0 Å². The highest BCUT2D eigenvalue weighted by Crippen LogP contribution is 2.18. The van der Waals surface area contributed by atoms with E-state index < -0.39 is 0 Å². The Kier molecular flexibility index (Phi) is 4.67. The molecule has 2 aromatic heterocycles. The van der Waals surface area contributed by atoms with Crippen molar-refractivity contribution in [3.63, 3.8) is 0 Å². The van der Waals surface area contributed by atoms with Crippen molar-refractivity contribution in [3.05, 3.63) is 34.4 Å². The number of likely N-dealkylation sites (N-methyl/N-ethyl adjacent to an activating group) is 1. The van der Waals surface area contributed by atoms with Gasteiger partial charge in [0.15, 0.2) is 0 Å². The van der Waals surface area contributed by atoms with Crippen molar-refractivity contribution in [1.29, 1.82) is 0 Å². The van der Waals surface area contributed by atoms with Crippen LogP contribution in [-0.4, -0.2) is 37.4 Å². The van der Waals surface area contributed by atoms with Gasteiger partial charge in [-0.3, -0.25) is 14.2 Å². The molecule has 0 bridgehead atoms. The van der Waals surface area contributed by atoms with Crippen LogP contribution in [0.4, 0.5) is 0 Å². The lowest BCUT2D eigenvalue weighted by Crippen LogP contribution is -2.31. The first-order valence-corrected chi connectivity index (χ1v) is 7.26. The van der Waals surface area contributed by atoms with Crippen LogP contribution in [0.2, 0.25) is 5.02 Å². The summed E-state index contributed by atoms with van der Waals surface area (Å²) in [5, 5.41) is 9.11. The lowest BCUT2D eigenvalue weighted by Gasteiger charge is -2.18. The first kappa shape index (κ1) is 15.6. The summed E-state index contributed by atoms with van der Waals surface area (Å²) >= 11 is 6.10. The first-order valence-electron chi connectivity index (χ1n) is 6.88. The molecule has 2 rings (SSSR count). The number of carbonyl (C=O) groups is 1. The lowest BCUT2D eigenvalue weighted by atomic mass is 10.3. The predicted octanol–water partition coefficient (Wildman–Crippen LogP) is 2.03. The number of aryl methyl sites for hydroxylation is 2. The topological polar surface area (TPSA) is 56.0 Å². The van der Waals surface area contributed by atoms with Crippen molar-refractivity contribution >= 4 is 17.5 Å². The second-order valence-electron chi connectivity index (χ2n) is 5.03. The maximum absolute atomic E-state index is 12.3. The number of hydrogen-bond acceptors (Lipinski definition) is 3. The molecule has 0 atom stereocenters. The molecule has 0 spiro atoms. The Bertz CT molecular complexity index is 646. The van der Waals surface area contributed by atoms with E-state index in [0.29, 0.717) is 11.6 Å². The van der Waals surface area contributed by atoms with Gasteiger partial charge in [0, 0.05) is 19.8 Å². The van der Waals surface area contributed by atoms with Crippen molar-refractivity contribution in [2.75, 3.05) is 7.05 Å². The fourth-order valence-electron chi connectivity index (χ4n) is 2.19. The summed E-state index contributed by atoms with van der Waals surface area (Å²) in [6.07, 6.45) is 1.75. The van der Waals surface area contributed by atoms with Gasteiger partial charge in [-0.2, -0.15) is 10.2 Å². The van der Waals surface area contributed by atoms with Crippen LogP contribution in [0.25, 0.3) is 0 Å². The van der Waals surface area contributed by atoms with Crippen molar-refractivity contribution in [2.24, 2.45) is 0 Å². The predicted molar refractivity (Wildman–Crippen MR) is 81.1 cm³/mol. The van der Waals surface area contributed by atoms with E-state index in [4.69, 9.17) is 11.6 Å². The molecule has 2 heterocycles. The molecular formula is C14H20ClN5O. The summed E-state index contributed by atoms with van der Waals surface area (Å²) in [6, 6.07) is 1.92. The zero-order valence-corrected chi connectivity index (χ0v) is 13.6. The molecule has 0 N–H and O–H groups in total. The minimum atomic E-state index is -0.0129. The van der Waals surface area contributed by atoms with Crippen LogP contribution < -0.4 is 0 Å². The third-order valence-electron chi connectivity index (χ3n) is 3.51. The highest BCUT2D eigenvalue weighted by molar-refractivity contribution is 6.31. The number of amides is 1. The van der Waals surface area contributed by atoms with Crippen LogP contribution in [0, 0.1) is 13.8 Å². The Morgan fingerprint density at radius 3 is 2.67 bits per heavy atom. The molecule has 0 saturated heterocycles. The Balaban J connectivity index is 2.04. The lowest BCUT2D eigenvalue weighted by molar-refractivity contribution is -0.131. The van der Waals surface area contributed by atoms with E-state index in [1.165, 1.54) is 0 Å². The number of halogens is 1. The Hall–Kier alpha value is -1.82. The Labute approximate surface area is 129 Å². The van der Waals surface area contributed by atoms with Crippen LogP contribution >= 0.6 is 11.6 Å². The van der Waals surface area contributed by atoms with Crippen LogP contribution in [-0.2, 0) is 24.4 Å². The molecule has 0 radical (unpaired) electrons. The summed E-state index contributed by atoms with van der Waals surface area (Å²) in [7, 11) is 1.78. The van der Waals surface area contributed by atoms with Crippen LogP contribution in [0.1, 0.15) is 24.0 Å². The molecule has 0 aliphatic carbocycles. The minimum absolute atomic E-state index is 0.0129. The Morgan fingerprint density at radius 1 is 1.38 bits per heavy atom. The monoisotopic (exact) mass is 309 g/mol. The molecule has 0 aliphatic heterocycles. The van der Waals surface area contributed by atoms with Crippen LogP contribution in [0.15, 0.2) is 12.3 Å². The third-order valence-corrected chi connectivity index (χ3v) is 4.05. The van der Waals surface area contributed by atoms with Crippen LogP contribution in [0.3, 0.4) is 0 Å². The summed E-state index contributed by atoms with van der Waals surface area (Å²) < 4.78 is 3.53. The highest BCUT2D eigenvalue weighted by Gasteiger charge is 2.16. The molecule has 0 aromatic carbocycles. The molecule has 1 amide bonds. The quantitative estimate of drug-likeness (QED) is 0.849. The van der Waals surface area contributed by atoms with Crippen molar-refractivity contribution in [1.82, 2.24) is 24.5 Å². The number of rotatable bonds is 5. The Morgan fingerprint density at radius 2 is 2.10 bits per heavy atom. The van der Waals surface area contributed by atoms with E-state index in [1.807, 2.05) is 31.5 Å². The molecule has 0 aliphatic rings. The van der Waals surface area contributed by atoms with Crippen LogP contribution in [0.5, 0.6) is 0 Å². The molecule has 6 nitrogen and oxygen atoms in total. The van der Waals surface area contributed by atoms with Gasteiger partial charge < -0.3 is 4.90 Å². The second-order valence-corrected chi connectivity index (χ2v) is 5.41. The largest absolute Gasteiger partial charge is 0.338 e. The van der Waals surface area contributed by atoms with E-state index >= 15 is 0 Å². The number of hydrogen-bond donors (Lipinski definition) is 0. The summed E-state index contributed by atoms with van der Waals surface area (Å²) in [4.78, 5) is 14.0. The van der Waals surface area contributed by atoms with Gasteiger partial charge in [0.25, 0.3) is 0 Å². The normalized spacial score (nSPS) is 10.9. The smallest absolute Gasteiger partial charge is 0.244 e. The summed E-state index contributed by atoms with van der Waals surface area (Å²) in [5.41, 5.74) is 2.57. The van der Waals surface area contributed by atoms with Gasteiger partial charge >= 0.3 is 0 Å². The van der Waals surface area contributed by atoms with Gasteiger partial charge in [-0.05, 0) is 26.8 Å². The van der Waals surface area contributed by atoms with E-state index in [0.717, 1.165) is 23.6 Å². The third kappa shape index (κ3) is 3.26. The number of carbonyl (C=O) groups excluding carboxylic acids is 1. The van der Waals surface area contributed by atoms with Gasteiger partial charge in [0.2, 0.25) is 5.91 Å². The zero-order valence-electron chi connectivity index (χ0n) is 12.8. The fraction of sp³-hybridized carbons (Fsp3) is 0.500. The van der Waals surface area contributed by atoms with Crippen molar-refractivity contribution in [2.45, 2.75) is 40.4 Å². The van der Waals surface area contributed by atoms with Gasteiger partial charge in [-0.1, -0.05) is 11.6 Å². The van der Waals surface area contributed by atoms with Crippen molar-refractivity contribution in [3.8, 4) is 0 Å². The molecule has 2 aromatic rings. The van der Waals surface area contributed by atoms with Gasteiger partial charge in [-0.25, -0.2) is 0 Å². The molecule has 0 unspecified atom stereocenters. The van der Waals surface area contributed by atoms with Gasteiger partial charge in [0.05, 0.1) is 28.6 Å². The average molecular weight is 310 g/mol. The highest BCUT2D eigenvalue weighted by atomic mass is 35.5.